The molecule has 0 aliphatic heterocycles. The molecule has 25 heavy (non-hydrogen) atoms. The highest BCUT2D eigenvalue weighted by atomic mass is 15.3. The van der Waals surface area contributed by atoms with Gasteiger partial charge in [-0.1, -0.05) is 72.8 Å². The molecule has 5 rings (SSSR count). The number of fused-ring (bicyclic) bond motifs is 3. The summed E-state index contributed by atoms with van der Waals surface area (Å²) in [4.78, 5) is 4.80. The van der Waals surface area contributed by atoms with E-state index in [1.165, 1.54) is 16.5 Å². The first-order valence-corrected chi connectivity index (χ1v) is 8.28. The van der Waals surface area contributed by atoms with Crippen LogP contribution in [0, 0.1) is 0 Å². The fraction of sp³-hybridized carbons (Fsp3) is 0. The number of hydrogen-bond acceptors (Lipinski definition) is 2. The molecule has 0 atom stereocenters. The molecule has 3 aromatic carbocycles. The molecule has 0 radical (unpaired) electrons. The SMILES string of the molecule is c1ccc(-c2cccc(-c3nc4c5ccccc5ccn4n3)c2)cc1. The Bertz CT molecular complexity index is 1190. The van der Waals surface area contributed by atoms with E-state index in [1.807, 2.05) is 28.9 Å². The topological polar surface area (TPSA) is 30.2 Å². The minimum absolute atomic E-state index is 0.745. The van der Waals surface area contributed by atoms with Crippen LogP contribution in [0.25, 0.3) is 38.9 Å². The summed E-state index contributed by atoms with van der Waals surface area (Å²) in [6.07, 6.45) is 1.97. The Morgan fingerprint density at radius 1 is 0.640 bits per heavy atom. The van der Waals surface area contributed by atoms with Crippen LogP contribution in [0.3, 0.4) is 0 Å². The Kier molecular flexibility index (Phi) is 3.10. The van der Waals surface area contributed by atoms with E-state index >= 15 is 0 Å². The van der Waals surface area contributed by atoms with E-state index < -0.39 is 0 Å². The molecule has 0 aliphatic carbocycles. The Hall–Kier alpha value is -3.46. The fourth-order valence-electron chi connectivity index (χ4n) is 3.20. The van der Waals surface area contributed by atoms with Gasteiger partial charge in [0, 0.05) is 17.1 Å². The third-order valence-corrected chi connectivity index (χ3v) is 4.46. The Morgan fingerprint density at radius 3 is 2.32 bits per heavy atom. The lowest BCUT2D eigenvalue weighted by molar-refractivity contribution is 0.971. The van der Waals surface area contributed by atoms with Crippen molar-refractivity contribution in [1.82, 2.24) is 14.6 Å². The number of hydrogen-bond donors (Lipinski definition) is 0. The molecular formula is C22H15N3. The zero-order chi connectivity index (χ0) is 16.6. The van der Waals surface area contributed by atoms with E-state index in [2.05, 4.69) is 71.8 Å². The standard InChI is InChI=1S/C22H15N3/c1-2-7-16(8-3-1)18-10-6-11-19(15-18)21-23-22-20-12-5-4-9-17(20)13-14-25(22)24-21/h1-15H. The zero-order valence-corrected chi connectivity index (χ0v) is 13.5. The highest BCUT2D eigenvalue weighted by Gasteiger charge is 2.10. The Morgan fingerprint density at radius 2 is 1.40 bits per heavy atom. The van der Waals surface area contributed by atoms with Crippen LogP contribution in [0.5, 0.6) is 0 Å². The van der Waals surface area contributed by atoms with Crippen LogP contribution in [0.4, 0.5) is 0 Å². The van der Waals surface area contributed by atoms with Gasteiger partial charge in [0.2, 0.25) is 0 Å². The first-order valence-electron chi connectivity index (χ1n) is 8.28. The number of nitrogens with zero attached hydrogens (tertiary/aromatic N) is 3. The van der Waals surface area contributed by atoms with Crippen molar-refractivity contribution in [2.24, 2.45) is 0 Å². The fourth-order valence-corrected chi connectivity index (χ4v) is 3.20. The normalized spacial score (nSPS) is 11.2. The van der Waals surface area contributed by atoms with Crippen LogP contribution in [0.15, 0.2) is 91.1 Å². The summed E-state index contributed by atoms with van der Waals surface area (Å²) in [7, 11) is 0. The second-order valence-electron chi connectivity index (χ2n) is 6.05. The van der Waals surface area contributed by atoms with E-state index in [9.17, 15) is 0 Å². The molecule has 0 N–H and O–H groups in total. The number of aromatic nitrogens is 3. The van der Waals surface area contributed by atoms with Crippen molar-refractivity contribution in [1.29, 1.82) is 0 Å². The minimum Gasteiger partial charge on any atom is -0.220 e. The van der Waals surface area contributed by atoms with E-state index in [0.29, 0.717) is 0 Å². The lowest BCUT2D eigenvalue weighted by Gasteiger charge is -2.02. The molecule has 2 heterocycles. The van der Waals surface area contributed by atoms with Gasteiger partial charge >= 0.3 is 0 Å². The Labute approximate surface area is 145 Å². The lowest BCUT2D eigenvalue weighted by atomic mass is 10.0. The average Bonchev–Trinajstić information content (AvgIpc) is 3.14. The first kappa shape index (κ1) is 13.9. The van der Waals surface area contributed by atoms with Gasteiger partial charge < -0.3 is 0 Å². The van der Waals surface area contributed by atoms with Gasteiger partial charge in [-0.05, 0) is 28.6 Å². The number of benzene rings is 3. The molecule has 0 aliphatic rings. The molecule has 3 heteroatoms. The van der Waals surface area contributed by atoms with Crippen LogP contribution >= 0.6 is 0 Å². The second-order valence-corrected chi connectivity index (χ2v) is 6.05. The molecule has 2 aromatic heterocycles. The summed E-state index contributed by atoms with van der Waals surface area (Å²) in [6.45, 7) is 0. The van der Waals surface area contributed by atoms with Gasteiger partial charge in [0.05, 0.1) is 0 Å². The molecule has 0 spiro atoms. The van der Waals surface area contributed by atoms with Crippen LogP contribution in [-0.4, -0.2) is 14.6 Å². The average molecular weight is 321 g/mol. The van der Waals surface area contributed by atoms with Crippen molar-refractivity contribution >= 4 is 16.4 Å². The summed E-state index contributed by atoms with van der Waals surface area (Å²) in [5, 5.41) is 6.96. The molecule has 0 fully saturated rings. The summed E-state index contributed by atoms with van der Waals surface area (Å²) in [5.41, 5.74) is 4.27. The van der Waals surface area contributed by atoms with Gasteiger partial charge in [0.25, 0.3) is 0 Å². The van der Waals surface area contributed by atoms with Gasteiger partial charge in [-0.25, -0.2) is 9.50 Å². The summed E-state index contributed by atoms with van der Waals surface area (Å²) in [5.74, 6) is 0.745. The van der Waals surface area contributed by atoms with Crippen molar-refractivity contribution < 1.29 is 0 Å². The minimum atomic E-state index is 0.745. The van der Waals surface area contributed by atoms with E-state index in [-0.39, 0.29) is 0 Å². The van der Waals surface area contributed by atoms with Gasteiger partial charge in [0.15, 0.2) is 11.5 Å². The maximum atomic E-state index is 4.80. The molecule has 3 nitrogen and oxygen atoms in total. The van der Waals surface area contributed by atoms with Crippen molar-refractivity contribution in [3.05, 3.63) is 91.1 Å². The van der Waals surface area contributed by atoms with Gasteiger partial charge in [0.1, 0.15) is 0 Å². The predicted octanol–water partition coefficient (Wildman–Crippen LogP) is 5.22. The largest absolute Gasteiger partial charge is 0.220 e. The second kappa shape index (κ2) is 5.56. The summed E-state index contributed by atoms with van der Waals surface area (Å²) < 4.78 is 1.85. The molecule has 0 amide bonds. The number of pyridine rings is 1. The number of rotatable bonds is 2. The maximum absolute atomic E-state index is 4.80. The summed E-state index contributed by atoms with van der Waals surface area (Å²) >= 11 is 0. The van der Waals surface area contributed by atoms with Crippen LogP contribution in [0.2, 0.25) is 0 Å². The van der Waals surface area contributed by atoms with E-state index in [1.54, 1.807) is 0 Å². The third-order valence-electron chi connectivity index (χ3n) is 4.46. The van der Waals surface area contributed by atoms with Crippen LogP contribution in [0.1, 0.15) is 0 Å². The first-order chi connectivity index (χ1) is 12.4. The third kappa shape index (κ3) is 2.37. The maximum Gasteiger partial charge on any atom is 0.182 e. The quantitative estimate of drug-likeness (QED) is 0.446. The monoisotopic (exact) mass is 321 g/mol. The molecule has 118 valence electrons. The summed E-state index contributed by atoms with van der Waals surface area (Å²) in [6, 6.07) is 29.1. The molecule has 5 aromatic rings. The van der Waals surface area contributed by atoms with Gasteiger partial charge in [-0.2, -0.15) is 0 Å². The predicted molar refractivity (Wildman–Crippen MR) is 101 cm³/mol. The van der Waals surface area contributed by atoms with Crippen molar-refractivity contribution in [3.8, 4) is 22.5 Å². The molecule has 0 unspecified atom stereocenters. The van der Waals surface area contributed by atoms with Crippen LogP contribution in [-0.2, 0) is 0 Å². The zero-order valence-electron chi connectivity index (χ0n) is 13.5. The van der Waals surface area contributed by atoms with Crippen LogP contribution < -0.4 is 0 Å². The van der Waals surface area contributed by atoms with Crippen molar-refractivity contribution in [3.63, 3.8) is 0 Å². The van der Waals surface area contributed by atoms with Gasteiger partial charge in [-0.15, -0.1) is 5.10 Å². The molecular weight excluding hydrogens is 306 g/mol. The smallest absolute Gasteiger partial charge is 0.182 e. The molecule has 0 saturated carbocycles. The highest BCUT2D eigenvalue weighted by molar-refractivity contribution is 5.94. The van der Waals surface area contributed by atoms with E-state index in [4.69, 9.17) is 4.98 Å². The van der Waals surface area contributed by atoms with Crippen molar-refractivity contribution in [2.45, 2.75) is 0 Å². The van der Waals surface area contributed by atoms with Crippen molar-refractivity contribution in [2.75, 3.05) is 0 Å². The van der Waals surface area contributed by atoms with E-state index in [0.717, 1.165) is 22.4 Å². The lowest BCUT2D eigenvalue weighted by Crippen LogP contribution is -1.87. The highest BCUT2D eigenvalue weighted by Crippen LogP contribution is 2.26. The molecule has 0 bridgehead atoms. The van der Waals surface area contributed by atoms with Gasteiger partial charge in [-0.3, -0.25) is 0 Å². The Balaban J connectivity index is 1.67. The molecule has 0 saturated heterocycles.